The molecular formula is C116H127Cl5N14O14. The Bertz CT molecular complexity index is 7040. The predicted octanol–water partition coefficient (Wildman–Crippen LogP) is 24.9. The van der Waals surface area contributed by atoms with Crippen molar-refractivity contribution < 1.29 is 66.6 Å². The minimum Gasteiger partial charge on any atom is -0.494 e. The van der Waals surface area contributed by atoms with Crippen LogP contribution in [0.3, 0.4) is 0 Å². The molecule has 9 aromatic carbocycles. The number of carbonyl (C=O) groups excluding carboxylic acids is 5. The van der Waals surface area contributed by atoms with Crippen molar-refractivity contribution in [1.82, 2.24) is 69.0 Å². The summed E-state index contributed by atoms with van der Waals surface area (Å²) < 4.78 is 53.6. The number of likely N-dealkylation sites (tertiary alicyclic amines) is 3. The molecule has 5 amide bonds. The Kier molecular flexibility index (Phi) is 35.1. The minimum absolute atomic E-state index is 0.0802. The Hall–Kier alpha value is -13.2. The Balaban J connectivity index is 0.000000130. The van der Waals surface area contributed by atoms with E-state index in [0.717, 1.165) is 195 Å². The van der Waals surface area contributed by atoms with Gasteiger partial charge in [-0.2, -0.15) is 5.10 Å². The highest BCUT2D eigenvalue weighted by Crippen LogP contribution is 2.47. The number of piperidine rings is 3. The van der Waals surface area contributed by atoms with E-state index >= 15 is 0 Å². The van der Waals surface area contributed by atoms with Gasteiger partial charge in [-0.3, -0.25) is 24.3 Å². The van der Waals surface area contributed by atoms with Crippen LogP contribution in [0, 0.1) is 29.6 Å². The van der Waals surface area contributed by atoms with Crippen LogP contribution in [-0.4, -0.2) is 231 Å². The number of H-pyrrole nitrogens is 4. The second-order valence-corrected chi connectivity index (χ2v) is 41.2. The molecule has 780 valence electrons. The van der Waals surface area contributed by atoms with Crippen molar-refractivity contribution in [2.75, 3.05) is 126 Å². The smallest absolute Gasteiger partial charge is 0.416 e. The molecule has 4 N–H and O–H groups in total. The van der Waals surface area contributed by atoms with Crippen molar-refractivity contribution in [3.63, 3.8) is 0 Å². The third kappa shape index (κ3) is 25.4. The summed E-state index contributed by atoms with van der Waals surface area (Å²) in [5, 5.41) is 11.6. The molecular weight excluding hydrogens is 1990 g/mol. The molecule has 0 saturated carbocycles. The van der Waals surface area contributed by atoms with Crippen molar-refractivity contribution in [2.45, 2.75) is 148 Å². The topological polar surface area (TPSA) is 285 Å². The second kappa shape index (κ2) is 49.5. The van der Waals surface area contributed by atoms with Gasteiger partial charge >= 0.3 is 30.5 Å². The number of carbonyl (C=O) groups is 5. The number of aromatic amines is 4. The predicted molar refractivity (Wildman–Crippen MR) is 582 cm³/mol. The van der Waals surface area contributed by atoms with E-state index in [0.29, 0.717) is 121 Å². The van der Waals surface area contributed by atoms with Gasteiger partial charge in [0, 0.05) is 164 Å². The average Bonchev–Trinajstić information content (AvgIpc) is 1.63. The molecule has 7 aliphatic heterocycles. The highest BCUT2D eigenvalue weighted by atomic mass is 35.5. The lowest BCUT2D eigenvalue weighted by atomic mass is 9.92. The van der Waals surface area contributed by atoms with Gasteiger partial charge in [0.15, 0.2) is 12.4 Å². The summed E-state index contributed by atoms with van der Waals surface area (Å²) in [6, 6.07) is 61.2. The van der Waals surface area contributed by atoms with E-state index in [1.165, 1.54) is 61.8 Å². The first kappa shape index (κ1) is 106. The fourth-order valence-electron chi connectivity index (χ4n) is 21.4. The van der Waals surface area contributed by atoms with Crippen LogP contribution in [0.1, 0.15) is 177 Å². The summed E-state index contributed by atoms with van der Waals surface area (Å²) in [5.74, 6) is 10.7. The number of aryl methyl sites for hydroxylation is 1. The number of fused-ring (bicyclic) bond motifs is 12. The largest absolute Gasteiger partial charge is 0.494 e. The van der Waals surface area contributed by atoms with E-state index in [4.69, 9.17) is 101 Å². The Labute approximate surface area is 893 Å². The quantitative estimate of drug-likeness (QED) is 0.0248. The monoisotopic (exact) mass is 2110 g/mol. The number of para-hydroxylation sites is 1. The number of hydrogen-bond donors (Lipinski definition) is 4. The molecule has 3 saturated heterocycles. The van der Waals surface area contributed by atoms with Gasteiger partial charge in [0.1, 0.15) is 65.9 Å². The fourth-order valence-corrected chi connectivity index (χ4v) is 22.2. The van der Waals surface area contributed by atoms with Gasteiger partial charge in [0.05, 0.1) is 44.7 Å². The van der Waals surface area contributed by atoms with Crippen LogP contribution < -0.4 is 23.7 Å². The standard InChI is InChI=1S/C29H25Cl2N5O3.C29H34ClN3O5.C29H36ClN3O3.C29H32ClN3O3/c30-20-8-11-25-23(16-20)22-12-14-36(29(37)39-26-5-2-1-4-24(26)31)28(27(22)34-25)19-6-9-21(10-7-19)38-15-3-13-35-18-32-17-33-35;1-3-36-28(34)32-14-11-19(12-15-32)18-38-22-8-5-20(6-9-22)27-26-23(13-16-33(27)29(35)37-4-2)24-17-21(30)7-10-25(24)31-26;1-4-19(2)36-29(34)33-15-13-24-25-16-22(30)9-12-26(25)31-27(24)28(33)21-7-10-23(11-8-21)35-18-20-6-5-14-32(3)17-20;1-3-4-16-35-29(34)33-15-13-24-25-17-22(30)9-12-26(25)31-27(24)28(33)21-7-10-23(11-8-21)36-19-20-6-5-14-32(2)18-20/h1-2,4-11,16-18,28,34H,3,12-15H2;5-10,17,19,27,31H,3-4,11-16,18H2,1-2H3;7-12,16,19-20,28,31H,4-6,13-15,17-18H2,1-3H3;7-12,17,20,28,31H,5-6,13-16,18-19H2,1-2H3. The molecule has 0 bridgehead atoms. The molecule has 0 spiro atoms. The molecule has 3 fully saturated rings. The number of nitrogens with one attached hydrogen (secondary N) is 4. The molecule has 12 heterocycles. The zero-order chi connectivity index (χ0) is 104. The number of amides is 5. The SMILES string of the molecule is CC#CCOC(=O)N1CCc2c([nH]c3ccc(Cl)cc23)C1c1ccc(OCC2CCCN(C)C2)cc1.CCC(C)OC(=O)N1CCc2c([nH]c3ccc(Cl)cc23)C1c1ccc(OCC2CCCN(C)C2)cc1.CCOC(=O)N1CCC(COc2ccc(C3c4[nH]c5ccc(Cl)cc5c4CCN3C(=O)OCC)cc2)CC1.O=C(Oc1ccccc1Cl)N1CCc2c([nH]c3ccc(Cl)cc23)C1c1ccc(OCCCn2cncn2)cc1. The molecule has 7 atom stereocenters. The Morgan fingerprint density at radius 3 is 1.19 bits per heavy atom. The maximum absolute atomic E-state index is 13.5. The van der Waals surface area contributed by atoms with E-state index < -0.39 is 12.1 Å². The van der Waals surface area contributed by atoms with Crippen LogP contribution in [0.2, 0.25) is 25.1 Å². The van der Waals surface area contributed by atoms with Crippen molar-refractivity contribution in [3.05, 3.63) is 299 Å². The summed E-state index contributed by atoms with van der Waals surface area (Å²) in [5.41, 5.74) is 16.6. The normalized spacial score (nSPS) is 18.4. The molecule has 5 aromatic heterocycles. The third-order valence-corrected chi connectivity index (χ3v) is 30.3. The number of halogens is 5. The van der Waals surface area contributed by atoms with Gasteiger partial charge in [0.25, 0.3) is 0 Å². The van der Waals surface area contributed by atoms with Gasteiger partial charge in [0.2, 0.25) is 0 Å². The first-order chi connectivity index (χ1) is 72.5. The molecule has 21 rings (SSSR count). The summed E-state index contributed by atoms with van der Waals surface area (Å²) >= 11 is 31.5. The molecule has 0 aliphatic carbocycles. The van der Waals surface area contributed by atoms with Crippen LogP contribution in [0.4, 0.5) is 24.0 Å². The van der Waals surface area contributed by atoms with Crippen molar-refractivity contribution in [2.24, 2.45) is 17.8 Å². The van der Waals surface area contributed by atoms with Gasteiger partial charge < -0.3 is 77.3 Å². The zero-order valence-electron chi connectivity index (χ0n) is 85.0. The number of rotatable bonds is 24. The van der Waals surface area contributed by atoms with Crippen LogP contribution in [0.15, 0.2) is 207 Å². The number of benzene rings is 9. The highest BCUT2D eigenvalue weighted by Gasteiger charge is 2.42. The number of aromatic nitrogens is 7. The lowest BCUT2D eigenvalue weighted by Crippen LogP contribution is -2.42. The van der Waals surface area contributed by atoms with Gasteiger partial charge in [-0.1, -0.05) is 132 Å². The van der Waals surface area contributed by atoms with Crippen LogP contribution in [0.25, 0.3) is 43.6 Å². The summed E-state index contributed by atoms with van der Waals surface area (Å²) in [6.45, 7) is 21.5. The molecule has 7 unspecified atom stereocenters. The fraction of sp³-hybridized carbons (Fsp3) is 0.388. The maximum Gasteiger partial charge on any atom is 0.416 e. The molecule has 14 aromatic rings. The third-order valence-electron chi connectivity index (χ3n) is 29.0. The number of nitrogens with zero attached hydrogens (tertiary/aromatic N) is 10. The zero-order valence-corrected chi connectivity index (χ0v) is 88.8. The van der Waals surface area contributed by atoms with Crippen LogP contribution >= 0.6 is 58.0 Å². The lowest BCUT2D eigenvalue weighted by Gasteiger charge is -2.36. The highest BCUT2D eigenvalue weighted by molar-refractivity contribution is 6.33. The second-order valence-electron chi connectivity index (χ2n) is 39.0. The van der Waals surface area contributed by atoms with E-state index in [1.54, 1.807) is 61.8 Å². The molecule has 149 heavy (non-hydrogen) atoms. The Morgan fingerprint density at radius 2 is 0.812 bits per heavy atom. The number of ether oxygens (including phenoxy) is 9. The lowest BCUT2D eigenvalue weighted by molar-refractivity contribution is 0.0578. The summed E-state index contributed by atoms with van der Waals surface area (Å²) in [6.07, 6.45) is 12.5. The van der Waals surface area contributed by atoms with E-state index in [-0.39, 0.29) is 55.2 Å². The first-order valence-electron chi connectivity index (χ1n) is 51.7. The van der Waals surface area contributed by atoms with Gasteiger partial charge in [-0.25, -0.2) is 29.0 Å². The molecule has 33 heteroatoms. The van der Waals surface area contributed by atoms with Crippen molar-refractivity contribution in [3.8, 4) is 40.6 Å². The van der Waals surface area contributed by atoms with E-state index in [2.05, 4.69) is 77.9 Å². The van der Waals surface area contributed by atoms with Crippen molar-refractivity contribution >= 4 is 132 Å². The summed E-state index contributed by atoms with van der Waals surface area (Å²) in [4.78, 5) is 96.5. The Morgan fingerprint density at radius 1 is 0.430 bits per heavy atom. The molecule has 0 radical (unpaired) electrons. The summed E-state index contributed by atoms with van der Waals surface area (Å²) in [7, 11) is 4.35. The number of hydrogen-bond acceptors (Lipinski definition) is 18. The van der Waals surface area contributed by atoms with Crippen LogP contribution in [0.5, 0.6) is 28.7 Å². The molecule has 28 nitrogen and oxygen atoms in total. The van der Waals surface area contributed by atoms with Crippen LogP contribution in [-0.2, 0) is 51.2 Å². The maximum atomic E-state index is 13.5. The van der Waals surface area contributed by atoms with Gasteiger partial charge in [-0.05, 0) is 309 Å². The first-order valence-corrected chi connectivity index (χ1v) is 53.6. The minimum atomic E-state index is -0.469. The van der Waals surface area contributed by atoms with Crippen molar-refractivity contribution in [1.29, 1.82) is 0 Å². The molecule has 7 aliphatic rings. The van der Waals surface area contributed by atoms with Gasteiger partial charge in [-0.15, -0.1) is 5.92 Å². The van der Waals surface area contributed by atoms with E-state index in [9.17, 15) is 24.0 Å². The average molecular weight is 2120 g/mol. The van der Waals surface area contributed by atoms with E-state index in [1.807, 2.05) is 190 Å².